The van der Waals surface area contributed by atoms with Crippen LogP contribution in [0.3, 0.4) is 0 Å². The zero-order chi connectivity index (χ0) is 15.4. The number of rotatable bonds is 5. The van der Waals surface area contributed by atoms with Gasteiger partial charge in [0.15, 0.2) is 0 Å². The standard InChI is InChI=1S/C15H16N2O4/c1-9-5-12(20-2)7-11(17-9)8-21-14-6-10(16)3-4-13(14)15(18)19/h3-7H,8,16H2,1-2H3,(H,18,19). The van der Waals surface area contributed by atoms with Crippen molar-refractivity contribution in [3.8, 4) is 11.5 Å². The van der Waals surface area contributed by atoms with Gasteiger partial charge in [0.25, 0.3) is 0 Å². The predicted molar refractivity (Wildman–Crippen MR) is 77.7 cm³/mol. The zero-order valence-corrected chi connectivity index (χ0v) is 11.8. The van der Waals surface area contributed by atoms with E-state index < -0.39 is 5.97 Å². The Hall–Kier alpha value is -2.76. The molecule has 2 aromatic rings. The van der Waals surface area contributed by atoms with Crippen molar-refractivity contribution in [1.29, 1.82) is 0 Å². The molecule has 2 rings (SSSR count). The van der Waals surface area contributed by atoms with Gasteiger partial charge in [-0.25, -0.2) is 4.79 Å². The Labute approximate surface area is 122 Å². The number of nitrogen functional groups attached to an aromatic ring is 1. The van der Waals surface area contributed by atoms with Gasteiger partial charge in [0.05, 0.1) is 12.8 Å². The van der Waals surface area contributed by atoms with Crippen molar-refractivity contribution in [2.45, 2.75) is 13.5 Å². The van der Waals surface area contributed by atoms with Crippen molar-refractivity contribution in [1.82, 2.24) is 4.98 Å². The van der Waals surface area contributed by atoms with Gasteiger partial charge >= 0.3 is 5.97 Å². The van der Waals surface area contributed by atoms with E-state index in [0.29, 0.717) is 17.1 Å². The molecule has 0 aliphatic rings. The molecule has 1 aromatic heterocycles. The number of carboxylic acids is 1. The minimum absolute atomic E-state index is 0.0591. The number of anilines is 1. The van der Waals surface area contributed by atoms with E-state index in [9.17, 15) is 4.79 Å². The number of nitrogens with zero attached hydrogens (tertiary/aromatic N) is 1. The molecule has 0 aliphatic heterocycles. The summed E-state index contributed by atoms with van der Waals surface area (Å²) in [6.45, 7) is 1.97. The second-order valence-electron chi connectivity index (χ2n) is 4.49. The lowest BCUT2D eigenvalue weighted by atomic mass is 10.2. The van der Waals surface area contributed by atoms with E-state index in [1.54, 1.807) is 19.2 Å². The molecule has 0 unspecified atom stereocenters. The first-order valence-corrected chi connectivity index (χ1v) is 6.27. The van der Waals surface area contributed by atoms with Crippen LogP contribution < -0.4 is 15.2 Å². The number of carboxylic acid groups (broad SMARTS) is 1. The average Bonchev–Trinajstić information content (AvgIpc) is 2.44. The third-order valence-corrected chi connectivity index (χ3v) is 2.83. The van der Waals surface area contributed by atoms with Gasteiger partial charge in [-0.2, -0.15) is 0 Å². The van der Waals surface area contributed by atoms with Crippen LogP contribution in [0.1, 0.15) is 21.7 Å². The molecule has 0 radical (unpaired) electrons. The molecule has 1 heterocycles. The van der Waals surface area contributed by atoms with Crippen LogP contribution in [0.4, 0.5) is 5.69 Å². The number of benzene rings is 1. The molecule has 0 bridgehead atoms. The molecule has 0 saturated heterocycles. The molecule has 6 heteroatoms. The number of aromatic nitrogens is 1. The summed E-state index contributed by atoms with van der Waals surface area (Å²) in [4.78, 5) is 15.5. The number of pyridine rings is 1. The summed E-state index contributed by atoms with van der Waals surface area (Å²) < 4.78 is 10.7. The van der Waals surface area contributed by atoms with E-state index in [2.05, 4.69) is 4.98 Å². The molecule has 6 nitrogen and oxygen atoms in total. The summed E-state index contributed by atoms with van der Waals surface area (Å²) in [7, 11) is 1.57. The number of methoxy groups -OCH3 is 1. The van der Waals surface area contributed by atoms with Gasteiger partial charge in [-0.3, -0.25) is 4.98 Å². The number of hydrogen-bond acceptors (Lipinski definition) is 5. The minimum atomic E-state index is -1.07. The first-order valence-electron chi connectivity index (χ1n) is 6.27. The summed E-state index contributed by atoms with van der Waals surface area (Å²) in [6, 6.07) is 7.95. The van der Waals surface area contributed by atoms with Crippen LogP contribution in [-0.2, 0) is 6.61 Å². The van der Waals surface area contributed by atoms with Gasteiger partial charge in [-0.1, -0.05) is 0 Å². The highest BCUT2D eigenvalue weighted by Gasteiger charge is 2.12. The van der Waals surface area contributed by atoms with Crippen LogP contribution in [0.15, 0.2) is 30.3 Å². The zero-order valence-electron chi connectivity index (χ0n) is 11.8. The summed E-state index contributed by atoms with van der Waals surface area (Å²) in [5, 5.41) is 9.12. The van der Waals surface area contributed by atoms with E-state index in [1.165, 1.54) is 18.2 Å². The van der Waals surface area contributed by atoms with Crippen LogP contribution in [0.5, 0.6) is 11.5 Å². The fourth-order valence-corrected chi connectivity index (χ4v) is 1.88. The molecule has 0 spiro atoms. The third kappa shape index (κ3) is 3.62. The van der Waals surface area contributed by atoms with E-state index in [-0.39, 0.29) is 17.9 Å². The van der Waals surface area contributed by atoms with Gasteiger partial charge in [0.1, 0.15) is 23.7 Å². The Morgan fingerprint density at radius 1 is 1.33 bits per heavy atom. The normalized spacial score (nSPS) is 10.2. The molecule has 0 saturated carbocycles. The first kappa shape index (κ1) is 14.6. The maximum absolute atomic E-state index is 11.1. The van der Waals surface area contributed by atoms with Gasteiger partial charge in [-0.15, -0.1) is 0 Å². The minimum Gasteiger partial charge on any atom is -0.497 e. The molecule has 0 fully saturated rings. The van der Waals surface area contributed by atoms with Crippen molar-refractivity contribution in [3.63, 3.8) is 0 Å². The van der Waals surface area contributed by atoms with Crippen molar-refractivity contribution in [2.24, 2.45) is 0 Å². The highest BCUT2D eigenvalue weighted by Crippen LogP contribution is 2.23. The van der Waals surface area contributed by atoms with Crippen LogP contribution in [0.25, 0.3) is 0 Å². The van der Waals surface area contributed by atoms with E-state index in [4.69, 9.17) is 20.3 Å². The lowest BCUT2D eigenvalue weighted by molar-refractivity contribution is 0.0691. The number of ether oxygens (including phenoxy) is 2. The molecule has 110 valence electrons. The van der Waals surface area contributed by atoms with Gasteiger partial charge in [0, 0.05) is 29.6 Å². The van der Waals surface area contributed by atoms with E-state index in [0.717, 1.165) is 5.69 Å². The number of carbonyl (C=O) groups is 1. The van der Waals surface area contributed by atoms with E-state index in [1.807, 2.05) is 6.92 Å². The van der Waals surface area contributed by atoms with Gasteiger partial charge in [0.2, 0.25) is 0 Å². The Morgan fingerprint density at radius 3 is 2.76 bits per heavy atom. The number of hydrogen-bond donors (Lipinski definition) is 2. The number of aromatic carboxylic acids is 1. The summed E-state index contributed by atoms with van der Waals surface area (Å²) in [5.41, 5.74) is 7.59. The second-order valence-corrected chi connectivity index (χ2v) is 4.49. The molecule has 0 amide bonds. The predicted octanol–water partition coefficient (Wildman–Crippen LogP) is 2.26. The molecule has 3 N–H and O–H groups in total. The summed E-state index contributed by atoms with van der Waals surface area (Å²) in [5.74, 6) is -0.184. The van der Waals surface area contributed by atoms with Crippen LogP contribution in [0.2, 0.25) is 0 Å². The van der Waals surface area contributed by atoms with Crippen molar-refractivity contribution >= 4 is 11.7 Å². The monoisotopic (exact) mass is 288 g/mol. The largest absolute Gasteiger partial charge is 0.497 e. The van der Waals surface area contributed by atoms with E-state index >= 15 is 0 Å². The third-order valence-electron chi connectivity index (χ3n) is 2.83. The Bertz CT molecular complexity index is 671. The number of aryl methyl sites for hydroxylation is 1. The molecule has 0 aliphatic carbocycles. The topological polar surface area (TPSA) is 94.7 Å². The fraction of sp³-hybridized carbons (Fsp3) is 0.200. The SMILES string of the molecule is COc1cc(C)nc(COc2cc(N)ccc2C(=O)O)c1. The van der Waals surface area contributed by atoms with Gasteiger partial charge in [-0.05, 0) is 19.1 Å². The smallest absolute Gasteiger partial charge is 0.339 e. The summed E-state index contributed by atoms with van der Waals surface area (Å²) >= 11 is 0. The van der Waals surface area contributed by atoms with Crippen molar-refractivity contribution in [2.75, 3.05) is 12.8 Å². The van der Waals surface area contributed by atoms with Crippen LogP contribution in [-0.4, -0.2) is 23.2 Å². The number of nitrogens with two attached hydrogens (primary N) is 1. The molecular weight excluding hydrogens is 272 g/mol. The molecule has 1 aromatic carbocycles. The highest BCUT2D eigenvalue weighted by molar-refractivity contribution is 5.91. The Kier molecular flexibility index (Phi) is 4.27. The summed E-state index contributed by atoms with van der Waals surface area (Å²) in [6.07, 6.45) is 0. The van der Waals surface area contributed by atoms with Crippen molar-refractivity contribution < 1.29 is 19.4 Å². The second kappa shape index (κ2) is 6.13. The maximum Gasteiger partial charge on any atom is 0.339 e. The Balaban J connectivity index is 2.22. The average molecular weight is 288 g/mol. The Morgan fingerprint density at radius 2 is 2.10 bits per heavy atom. The lowest BCUT2D eigenvalue weighted by Gasteiger charge is -2.11. The van der Waals surface area contributed by atoms with Crippen LogP contribution in [0, 0.1) is 6.92 Å². The highest BCUT2D eigenvalue weighted by atomic mass is 16.5. The quantitative estimate of drug-likeness (QED) is 0.819. The lowest BCUT2D eigenvalue weighted by Crippen LogP contribution is -2.06. The maximum atomic E-state index is 11.1. The molecule has 21 heavy (non-hydrogen) atoms. The molecule has 0 atom stereocenters. The van der Waals surface area contributed by atoms with Crippen molar-refractivity contribution in [3.05, 3.63) is 47.3 Å². The molecular formula is C15H16N2O4. The fourth-order valence-electron chi connectivity index (χ4n) is 1.88. The van der Waals surface area contributed by atoms with Gasteiger partial charge < -0.3 is 20.3 Å². The first-order chi connectivity index (χ1) is 9.99. The van der Waals surface area contributed by atoms with Crippen LogP contribution >= 0.6 is 0 Å².